The maximum absolute atomic E-state index is 3.85. The lowest BCUT2D eigenvalue weighted by molar-refractivity contribution is 0.436. The van der Waals surface area contributed by atoms with Crippen LogP contribution in [0.1, 0.15) is 42.9 Å². The van der Waals surface area contributed by atoms with Gasteiger partial charge in [0, 0.05) is 6.04 Å². The van der Waals surface area contributed by atoms with E-state index in [1.807, 2.05) is 0 Å². The van der Waals surface area contributed by atoms with Crippen LogP contribution < -0.4 is 5.32 Å². The zero-order chi connectivity index (χ0) is 12.2. The largest absolute Gasteiger partial charge is 0.310 e. The van der Waals surface area contributed by atoms with Crippen molar-refractivity contribution in [3.05, 3.63) is 35.4 Å². The van der Waals surface area contributed by atoms with Crippen LogP contribution in [0.3, 0.4) is 0 Å². The molecule has 2 aliphatic rings. The number of hydrogen-bond donors (Lipinski definition) is 1. The van der Waals surface area contributed by atoms with Gasteiger partial charge in [0.25, 0.3) is 0 Å². The highest BCUT2D eigenvalue weighted by Gasteiger charge is 2.20. The second-order valence-corrected chi connectivity index (χ2v) is 6.78. The molecular weight excluding hydrogens is 238 g/mol. The standard InChI is InChI=1S/C16H23NS/c1-3-7-15-14(5-1)6-2-4-8-16(15)17-11-13-9-10-18-12-13/h1,3,5,7,13,16-17H,2,4,6,8-12H2. The third kappa shape index (κ3) is 2.92. The van der Waals surface area contributed by atoms with Crippen molar-refractivity contribution in [3.63, 3.8) is 0 Å². The highest BCUT2D eigenvalue weighted by molar-refractivity contribution is 7.99. The fourth-order valence-electron chi connectivity index (χ4n) is 3.19. The minimum absolute atomic E-state index is 0.606. The Labute approximate surface area is 115 Å². The van der Waals surface area contributed by atoms with E-state index in [0.29, 0.717) is 6.04 Å². The van der Waals surface area contributed by atoms with E-state index in [1.165, 1.54) is 50.2 Å². The molecule has 2 heteroatoms. The molecule has 2 atom stereocenters. The molecule has 2 unspecified atom stereocenters. The Morgan fingerprint density at radius 1 is 1.17 bits per heavy atom. The van der Waals surface area contributed by atoms with Crippen molar-refractivity contribution >= 4 is 11.8 Å². The predicted octanol–water partition coefficient (Wildman–Crippen LogP) is 3.80. The first-order valence-corrected chi connectivity index (χ1v) is 8.48. The first-order valence-electron chi connectivity index (χ1n) is 7.32. The molecule has 1 fully saturated rings. The SMILES string of the molecule is c1ccc2c(c1)CCCCC2NCC1CCSC1. The van der Waals surface area contributed by atoms with Crippen LogP contribution in [0, 0.1) is 5.92 Å². The van der Waals surface area contributed by atoms with Crippen LogP contribution >= 0.6 is 11.8 Å². The number of hydrogen-bond acceptors (Lipinski definition) is 2. The summed E-state index contributed by atoms with van der Waals surface area (Å²) in [5, 5.41) is 3.85. The van der Waals surface area contributed by atoms with Gasteiger partial charge in [0.2, 0.25) is 0 Å². The molecule has 0 amide bonds. The summed E-state index contributed by atoms with van der Waals surface area (Å²) < 4.78 is 0. The lowest BCUT2D eigenvalue weighted by atomic mass is 9.98. The minimum Gasteiger partial charge on any atom is -0.310 e. The second kappa shape index (κ2) is 6.12. The molecule has 1 aromatic carbocycles. The maximum atomic E-state index is 3.85. The van der Waals surface area contributed by atoms with Gasteiger partial charge in [-0.3, -0.25) is 0 Å². The number of fused-ring (bicyclic) bond motifs is 1. The average Bonchev–Trinajstić information content (AvgIpc) is 2.84. The summed E-state index contributed by atoms with van der Waals surface area (Å²) in [4.78, 5) is 0. The molecule has 0 radical (unpaired) electrons. The normalized spacial score (nSPS) is 27.8. The second-order valence-electron chi connectivity index (χ2n) is 5.64. The highest BCUT2D eigenvalue weighted by atomic mass is 32.2. The quantitative estimate of drug-likeness (QED) is 0.831. The Kier molecular flexibility index (Phi) is 4.27. The summed E-state index contributed by atoms with van der Waals surface area (Å²) in [6.07, 6.45) is 6.72. The number of aryl methyl sites for hydroxylation is 1. The summed E-state index contributed by atoms with van der Waals surface area (Å²) in [5.41, 5.74) is 3.15. The van der Waals surface area contributed by atoms with Crippen LogP contribution in [0.5, 0.6) is 0 Å². The monoisotopic (exact) mass is 261 g/mol. The number of benzene rings is 1. The molecule has 1 saturated heterocycles. The molecular formula is C16H23NS. The Balaban J connectivity index is 1.67. The molecule has 3 rings (SSSR count). The van der Waals surface area contributed by atoms with Crippen molar-refractivity contribution < 1.29 is 0 Å². The summed E-state index contributed by atoms with van der Waals surface area (Å²) in [6.45, 7) is 1.21. The molecule has 0 saturated carbocycles. The van der Waals surface area contributed by atoms with Gasteiger partial charge < -0.3 is 5.32 Å². The summed E-state index contributed by atoms with van der Waals surface area (Å²) in [5.74, 6) is 3.64. The highest BCUT2D eigenvalue weighted by Crippen LogP contribution is 2.29. The van der Waals surface area contributed by atoms with Crippen LogP contribution in [0.4, 0.5) is 0 Å². The molecule has 1 heterocycles. The Bertz CT molecular complexity index is 384. The Morgan fingerprint density at radius 2 is 2.11 bits per heavy atom. The van der Waals surface area contributed by atoms with E-state index >= 15 is 0 Å². The summed E-state index contributed by atoms with van der Waals surface area (Å²) in [6, 6.07) is 9.65. The van der Waals surface area contributed by atoms with Crippen molar-refractivity contribution in [2.75, 3.05) is 18.1 Å². The molecule has 18 heavy (non-hydrogen) atoms. The van der Waals surface area contributed by atoms with Crippen LogP contribution in [0.15, 0.2) is 24.3 Å². The lowest BCUT2D eigenvalue weighted by Gasteiger charge is -2.21. The third-order valence-electron chi connectivity index (χ3n) is 4.30. The van der Waals surface area contributed by atoms with E-state index in [2.05, 4.69) is 41.3 Å². The zero-order valence-corrected chi connectivity index (χ0v) is 11.8. The molecule has 1 N–H and O–H groups in total. The molecule has 1 aliphatic heterocycles. The first kappa shape index (κ1) is 12.6. The fraction of sp³-hybridized carbons (Fsp3) is 0.625. The molecule has 0 spiro atoms. The van der Waals surface area contributed by atoms with Crippen molar-refractivity contribution in [2.24, 2.45) is 5.92 Å². The maximum Gasteiger partial charge on any atom is 0.0323 e. The van der Waals surface area contributed by atoms with Crippen LogP contribution in [-0.2, 0) is 6.42 Å². The molecule has 0 bridgehead atoms. The zero-order valence-electron chi connectivity index (χ0n) is 11.0. The van der Waals surface area contributed by atoms with E-state index < -0.39 is 0 Å². The number of nitrogens with one attached hydrogen (secondary N) is 1. The van der Waals surface area contributed by atoms with Gasteiger partial charge in [-0.15, -0.1) is 0 Å². The number of thioether (sulfide) groups is 1. The topological polar surface area (TPSA) is 12.0 Å². The van der Waals surface area contributed by atoms with Crippen molar-refractivity contribution in [1.82, 2.24) is 5.32 Å². The van der Waals surface area contributed by atoms with Crippen molar-refractivity contribution in [2.45, 2.75) is 38.1 Å². The van der Waals surface area contributed by atoms with E-state index in [0.717, 1.165) is 5.92 Å². The van der Waals surface area contributed by atoms with Crippen molar-refractivity contribution in [1.29, 1.82) is 0 Å². The first-order chi connectivity index (χ1) is 8.93. The minimum atomic E-state index is 0.606. The Morgan fingerprint density at radius 3 is 3.00 bits per heavy atom. The van der Waals surface area contributed by atoms with Crippen molar-refractivity contribution in [3.8, 4) is 0 Å². The van der Waals surface area contributed by atoms with E-state index in [4.69, 9.17) is 0 Å². The van der Waals surface area contributed by atoms with Crippen LogP contribution in [-0.4, -0.2) is 18.1 Å². The van der Waals surface area contributed by atoms with Gasteiger partial charge in [-0.1, -0.05) is 30.7 Å². The molecule has 1 aromatic rings. The predicted molar refractivity (Wildman–Crippen MR) is 80.2 cm³/mol. The fourth-order valence-corrected chi connectivity index (χ4v) is 4.47. The number of rotatable bonds is 3. The average molecular weight is 261 g/mol. The van der Waals surface area contributed by atoms with E-state index in [1.54, 1.807) is 11.1 Å². The smallest absolute Gasteiger partial charge is 0.0323 e. The third-order valence-corrected chi connectivity index (χ3v) is 5.53. The molecule has 1 aliphatic carbocycles. The van der Waals surface area contributed by atoms with Gasteiger partial charge in [0.05, 0.1) is 0 Å². The molecule has 0 aromatic heterocycles. The van der Waals surface area contributed by atoms with Gasteiger partial charge in [0.15, 0.2) is 0 Å². The summed E-state index contributed by atoms with van der Waals surface area (Å²) in [7, 11) is 0. The summed E-state index contributed by atoms with van der Waals surface area (Å²) >= 11 is 2.12. The molecule has 98 valence electrons. The molecule has 1 nitrogen and oxygen atoms in total. The van der Waals surface area contributed by atoms with E-state index in [-0.39, 0.29) is 0 Å². The van der Waals surface area contributed by atoms with Gasteiger partial charge in [-0.25, -0.2) is 0 Å². The Hall–Kier alpha value is -0.470. The van der Waals surface area contributed by atoms with E-state index in [9.17, 15) is 0 Å². The van der Waals surface area contributed by atoms with Gasteiger partial charge >= 0.3 is 0 Å². The van der Waals surface area contributed by atoms with Gasteiger partial charge in [0.1, 0.15) is 0 Å². The lowest BCUT2D eigenvalue weighted by Crippen LogP contribution is -2.27. The van der Waals surface area contributed by atoms with Crippen LogP contribution in [0.25, 0.3) is 0 Å². The van der Waals surface area contributed by atoms with Gasteiger partial charge in [-0.05, 0) is 60.8 Å². The van der Waals surface area contributed by atoms with Gasteiger partial charge in [-0.2, -0.15) is 11.8 Å². The van der Waals surface area contributed by atoms with Crippen LogP contribution in [0.2, 0.25) is 0 Å².